The van der Waals surface area contributed by atoms with E-state index in [-0.39, 0.29) is 46.4 Å². The van der Waals surface area contributed by atoms with E-state index in [4.69, 9.17) is 25.8 Å². The van der Waals surface area contributed by atoms with Crippen molar-refractivity contribution in [2.45, 2.75) is 127 Å². The van der Waals surface area contributed by atoms with E-state index in [0.717, 1.165) is 75.7 Å². The average molecular weight is 641 g/mol. The zero-order valence-corrected chi connectivity index (χ0v) is 29.1. The normalized spacial score (nSPS) is 26.0. The quantitative estimate of drug-likeness (QED) is 0.0847. The van der Waals surface area contributed by atoms with E-state index >= 15 is 0 Å². The van der Waals surface area contributed by atoms with Gasteiger partial charge in [0.2, 0.25) is 0 Å². The predicted octanol–water partition coefficient (Wildman–Crippen LogP) is 8.31. The largest absolute Gasteiger partial charge is 0.465 e. The van der Waals surface area contributed by atoms with Crippen LogP contribution in [-0.4, -0.2) is 56.4 Å². The summed E-state index contributed by atoms with van der Waals surface area (Å²) in [5.41, 5.74) is 0. The minimum atomic E-state index is -2.23. The fourth-order valence-corrected chi connectivity index (χ4v) is 8.54. The number of thiophene rings is 1. The van der Waals surface area contributed by atoms with Gasteiger partial charge in [-0.3, -0.25) is 4.79 Å². The van der Waals surface area contributed by atoms with Crippen molar-refractivity contribution in [2.75, 3.05) is 13.7 Å². The van der Waals surface area contributed by atoms with Crippen molar-refractivity contribution in [3.63, 3.8) is 0 Å². The number of carbonyl (C=O) groups is 2. The summed E-state index contributed by atoms with van der Waals surface area (Å²) in [6.45, 7) is 11.3. The first-order valence-electron chi connectivity index (χ1n) is 15.8. The van der Waals surface area contributed by atoms with E-state index in [9.17, 15) is 14.4 Å². The average Bonchev–Trinajstić information content (AvgIpc) is 3.51. The highest BCUT2D eigenvalue weighted by Gasteiger charge is 2.43. The third kappa shape index (κ3) is 10.6. The van der Waals surface area contributed by atoms with Gasteiger partial charge in [-0.1, -0.05) is 33.3 Å². The fourth-order valence-electron chi connectivity index (χ4n) is 6.25. The molecule has 9 heteroatoms. The molecule has 2 heterocycles. The van der Waals surface area contributed by atoms with Crippen LogP contribution in [0.15, 0.2) is 24.3 Å². The Kier molecular flexibility index (Phi) is 13.8. The molecule has 1 N–H and O–H groups in total. The van der Waals surface area contributed by atoms with Gasteiger partial charge in [-0.05, 0) is 106 Å². The predicted molar refractivity (Wildman–Crippen MR) is 174 cm³/mol. The van der Waals surface area contributed by atoms with E-state index < -0.39 is 8.32 Å². The molecule has 1 aliphatic carbocycles. The van der Waals surface area contributed by atoms with Gasteiger partial charge in [-0.15, -0.1) is 22.9 Å². The number of aryl methyl sites for hydroxylation is 1. The molecule has 1 aromatic heterocycles. The van der Waals surface area contributed by atoms with Crippen molar-refractivity contribution in [2.24, 2.45) is 17.8 Å². The molecule has 0 amide bonds. The zero-order chi connectivity index (χ0) is 30.9. The smallest absolute Gasteiger partial charge is 0.348 e. The Balaban J connectivity index is 1.57. The second-order valence-electron chi connectivity index (χ2n) is 13.6. The van der Waals surface area contributed by atoms with Gasteiger partial charge >= 0.3 is 5.97 Å². The molecule has 42 heavy (non-hydrogen) atoms. The van der Waals surface area contributed by atoms with E-state index in [0.29, 0.717) is 17.2 Å². The molecule has 6 atom stereocenters. The van der Waals surface area contributed by atoms with Gasteiger partial charge in [0, 0.05) is 29.2 Å². The number of hydrogen-bond acceptors (Lipinski definition) is 7. The van der Waals surface area contributed by atoms with Gasteiger partial charge in [0.1, 0.15) is 4.88 Å². The van der Waals surface area contributed by atoms with Crippen molar-refractivity contribution in [3.8, 4) is 0 Å². The minimum Gasteiger partial charge on any atom is -0.465 e. The Morgan fingerprint density at radius 3 is 2.69 bits per heavy atom. The maximum Gasteiger partial charge on any atom is 0.348 e. The number of alkyl halides is 1. The number of methoxy groups -OCH3 is 1. The van der Waals surface area contributed by atoms with E-state index in [2.05, 4.69) is 26.8 Å². The lowest BCUT2D eigenvalue weighted by Gasteiger charge is -2.37. The highest BCUT2D eigenvalue weighted by molar-refractivity contribution is 7.13. The highest BCUT2D eigenvalue weighted by Crippen LogP contribution is 2.44. The molecule has 1 aromatic rings. The zero-order valence-electron chi connectivity index (χ0n) is 26.5. The van der Waals surface area contributed by atoms with Crippen molar-refractivity contribution in [1.29, 1.82) is 0 Å². The Morgan fingerprint density at radius 2 is 2.02 bits per heavy atom. The molecule has 1 saturated heterocycles. The van der Waals surface area contributed by atoms with Crippen LogP contribution in [0.3, 0.4) is 0 Å². The Labute approximate surface area is 263 Å². The molecule has 238 valence electrons. The number of carbonyl (C=O) groups excluding carboxylic acids is 2. The van der Waals surface area contributed by atoms with Crippen molar-refractivity contribution in [3.05, 3.63) is 34.0 Å². The van der Waals surface area contributed by atoms with Crippen molar-refractivity contribution < 1.29 is 28.6 Å². The van der Waals surface area contributed by atoms with Crippen LogP contribution in [0.25, 0.3) is 0 Å². The number of rotatable bonds is 16. The fraction of sp³-hybridized carbons (Fsp3) is 0.758. The first-order valence-corrected chi connectivity index (χ1v) is 20.0. The lowest BCUT2D eigenvalue weighted by Crippen LogP contribution is -2.39. The molecule has 1 unspecified atom stereocenters. The van der Waals surface area contributed by atoms with Crippen LogP contribution in [0.4, 0.5) is 0 Å². The summed E-state index contributed by atoms with van der Waals surface area (Å²) in [5, 5.41) is -0.0725. The topological polar surface area (TPSA) is 82.1 Å². The lowest BCUT2D eigenvalue weighted by molar-refractivity contribution is -0.192. The van der Waals surface area contributed by atoms with Gasteiger partial charge in [0.05, 0.1) is 13.2 Å². The Morgan fingerprint density at radius 1 is 1.26 bits per heavy atom. The number of hydrogen-bond donors (Lipinski definition) is 1. The van der Waals surface area contributed by atoms with Crippen LogP contribution in [0.2, 0.25) is 18.1 Å². The third-order valence-electron chi connectivity index (χ3n) is 9.46. The summed E-state index contributed by atoms with van der Waals surface area (Å²) >= 11 is 8.42. The lowest BCUT2D eigenvalue weighted by atomic mass is 9.88. The highest BCUT2D eigenvalue weighted by atomic mass is 35.5. The van der Waals surface area contributed by atoms with Gasteiger partial charge in [-0.25, -0.2) is 4.79 Å². The summed E-state index contributed by atoms with van der Waals surface area (Å²) < 4.78 is 17.2. The molecule has 2 fully saturated rings. The molecule has 6 nitrogen and oxygen atoms in total. The maximum atomic E-state index is 12.9. The third-order valence-corrected chi connectivity index (χ3v) is 14.6. The molecular formula is C33H53ClO6SSi. The first-order chi connectivity index (χ1) is 19.8. The summed E-state index contributed by atoms with van der Waals surface area (Å²) in [4.78, 5) is 37.2. The van der Waals surface area contributed by atoms with Gasteiger partial charge in [-0.2, -0.15) is 0 Å². The van der Waals surface area contributed by atoms with Crippen LogP contribution in [0, 0.1) is 17.8 Å². The summed E-state index contributed by atoms with van der Waals surface area (Å²) in [6.07, 6.45) is 13.5. The van der Waals surface area contributed by atoms with Crippen molar-refractivity contribution >= 4 is 43.0 Å². The van der Waals surface area contributed by atoms with Crippen LogP contribution < -0.4 is 0 Å². The molecule has 3 rings (SSSR count). The van der Waals surface area contributed by atoms with Gasteiger partial charge in [0.15, 0.2) is 20.4 Å². The molecular weight excluding hydrogens is 588 g/mol. The van der Waals surface area contributed by atoms with Crippen LogP contribution >= 0.6 is 22.9 Å². The number of allylic oxidation sites excluding steroid dienone is 1. The molecule has 0 radical (unpaired) electrons. The molecule has 1 aliphatic heterocycles. The molecule has 1 saturated carbocycles. The molecule has 2 aliphatic rings. The number of ketones is 1. The van der Waals surface area contributed by atoms with Crippen LogP contribution in [0.1, 0.15) is 99.5 Å². The van der Waals surface area contributed by atoms with Gasteiger partial charge in [0.25, 0.3) is 0 Å². The Bertz CT molecular complexity index is 1030. The van der Waals surface area contributed by atoms with Crippen LogP contribution in [0.5, 0.6) is 0 Å². The SMILES string of the molecule is COC(=O)c1ccc(CCC[C@@H]2[C@@H](/C=C/C(=O)CCC[C@H](C)CC(C)(C)[Si](C)(C)O)[C@H](OC3CCCCO3)C[C@H]2Cl)s1. The molecule has 0 aromatic carbocycles. The van der Waals surface area contributed by atoms with Crippen molar-refractivity contribution in [1.82, 2.24) is 0 Å². The maximum absolute atomic E-state index is 12.9. The van der Waals surface area contributed by atoms with Crippen LogP contribution in [-0.2, 0) is 25.4 Å². The monoisotopic (exact) mass is 640 g/mol. The minimum absolute atomic E-state index is 0.0270. The number of halogens is 1. The standard InChI is InChI=1S/C33H53ClO6SSi/c1-23(22-33(2,3)42(5,6)37)11-9-12-24(35)16-18-27-26(14-10-13-25-17-19-30(41-25)32(36)38-4)28(34)21-29(27)40-31-15-7-8-20-39-31/h16-19,23,26-29,31,37H,7-15,20-22H2,1-6H3/b18-16+/t23-,26+,27+,28+,29+,31?/m0/s1. The van der Waals surface area contributed by atoms with E-state index in [1.165, 1.54) is 18.4 Å². The molecule has 0 spiro atoms. The second kappa shape index (κ2) is 16.3. The summed E-state index contributed by atoms with van der Waals surface area (Å²) in [6, 6.07) is 3.83. The summed E-state index contributed by atoms with van der Waals surface area (Å²) in [7, 11) is -0.831. The first kappa shape index (κ1) is 35.4. The summed E-state index contributed by atoms with van der Waals surface area (Å²) in [5.74, 6) is 0.589. The molecule has 0 bridgehead atoms. The second-order valence-corrected chi connectivity index (χ2v) is 19.8. The van der Waals surface area contributed by atoms with E-state index in [1.54, 1.807) is 6.08 Å². The van der Waals surface area contributed by atoms with Gasteiger partial charge < -0.3 is 19.0 Å². The Hall–Kier alpha value is -1.03. The van der Waals surface area contributed by atoms with E-state index in [1.807, 2.05) is 25.2 Å². The number of ether oxygens (including phenoxy) is 3. The number of esters is 1.